The van der Waals surface area contributed by atoms with Crippen molar-refractivity contribution < 1.29 is 4.79 Å². The maximum Gasteiger partial charge on any atom is 0.235 e. The molecule has 19 heavy (non-hydrogen) atoms. The molecule has 4 heteroatoms. The van der Waals surface area contributed by atoms with Crippen molar-refractivity contribution in [1.29, 1.82) is 0 Å². The molecule has 2 nitrogen and oxygen atoms in total. The molecule has 0 aliphatic rings. The third-order valence-electron chi connectivity index (χ3n) is 2.91. The highest BCUT2D eigenvalue weighted by Crippen LogP contribution is 2.14. The number of rotatable bonds is 5. The fourth-order valence-corrected chi connectivity index (χ4v) is 3.06. The molecule has 100 valence electrons. The fourth-order valence-electron chi connectivity index (χ4n) is 1.89. The summed E-state index contributed by atoms with van der Waals surface area (Å²) in [6.07, 6.45) is 0.664. The average Bonchev–Trinajstić information content (AvgIpc) is 2.91. The van der Waals surface area contributed by atoms with Gasteiger partial charge < -0.3 is 4.90 Å². The molecule has 2 aromatic rings. The van der Waals surface area contributed by atoms with E-state index in [-0.39, 0.29) is 11.2 Å². The number of carbonyl (C=O) groups is 1. The summed E-state index contributed by atoms with van der Waals surface area (Å²) < 4.78 is 0. The highest BCUT2D eigenvalue weighted by molar-refractivity contribution is 7.81. The van der Waals surface area contributed by atoms with Crippen LogP contribution < -0.4 is 0 Å². The van der Waals surface area contributed by atoms with Crippen molar-refractivity contribution in [3.8, 4) is 0 Å². The van der Waals surface area contributed by atoms with Gasteiger partial charge in [0.05, 0.1) is 11.8 Å². The number of hydrogen-bond donors (Lipinski definition) is 1. The van der Waals surface area contributed by atoms with Crippen LogP contribution in [-0.4, -0.2) is 23.1 Å². The van der Waals surface area contributed by atoms with E-state index in [1.54, 1.807) is 16.2 Å². The van der Waals surface area contributed by atoms with Crippen molar-refractivity contribution in [1.82, 2.24) is 4.90 Å². The summed E-state index contributed by atoms with van der Waals surface area (Å²) in [4.78, 5) is 15.2. The maximum absolute atomic E-state index is 12.2. The molecule has 1 amide bonds. The van der Waals surface area contributed by atoms with E-state index in [4.69, 9.17) is 0 Å². The zero-order valence-electron chi connectivity index (χ0n) is 10.8. The zero-order chi connectivity index (χ0) is 13.7. The monoisotopic (exact) mass is 291 g/mol. The van der Waals surface area contributed by atoms with Gasteiger partial charge in [-0.05, 0) is 23.4 Å². The van der Waals surface area contributed by atoms with Gasteiger partial charge in [-0.1, -0.05) is 36.4 Å². The van der Waals surface area contributed by atoms with Crippen molar-refractivity contribution in [2.24, 2.45) is 0 Å². The van der Waals surface area contributed by atoms with Gasteiger partial charge in [-0.3, -0.25) is 4.79 Å². The second kappa shape index (κ2) is 6.78. The van der Waals surface area contributed by atoms with Crippen LogP contribution in [0.25, 0.3) is 0 Å². The predicted molar refractivity (Wildman–Crippen MR) is 83.7 cm³/mol. The quantitative estimate of drug-likeness (QED) is 0.839. The SMILES string of the molecule is CN(Cc1cccs1)C(=O)C(S)Cc1ccccc1. The number of amides is 1. The summed E-state index contributed by atoms with van der Waals surface area (Å²) in [5.41, 5.74) is 1.14. The molecule has 1 heterocycles. The van der Waals surface area contributed by atoms with Gasteiger partial charge in [0.25, 0.3) is 0 Å². The van der Waals surface area contributed by atoms with Crippen LogP contribution in [0.3, 0.4) is 0 Å². The molecule has 0 radical (unpaired) electrons. The van der Waals surface area contributed by atoms with Gasteiger partial charge >= 0.3 is 0 Å². The van der Waals surface area contributed by atoms with Crippen LogP contribution in [0.4, 0.5) is 0 Å². The largest absolute Gasteiger partial charge is 0.340 e. The fraction of sp³-hybridized carbons (Fsp3) is 0.267. The smallest absolute Gasteiger partial charge is 0.235 e. The van der Waals surface area contributed by atoms with Crippen molar-refractivity contribution in [3.05, 3.63) is 58.3 Å². The van der Waals surface area contributed by atoms with E-state index in [0.717, 1.165) is 5.56 Å². The lowest BCUT2D eigenvalue weighted by Gasteiger charge is -2.20. The number of benzene rings is 1. The zero-order valence-corrected chi connectivity index (χ0v) is 12.5. The molecule has 0 saturated carbocycles. The minimum Gasteiger partial charge on any atom is -0.340 e. The Morgan fingerprint density at radius 3 is 2.63 bits per heavy atom. The summed E-state index contributed by atoms with van der Waals surface area (Å²) in [5, 5.41) is 1.74. The molecule has 1 aromatic carbocycles. The van der Waals surface area contributed by atoms with E-state index in [1.807, 2.05) is 54.9 Å². The predicted octanol–water partition coefficient (Wildman–Crippen LogP) is 3.25. The van der Waals surface area contributed by atoms with E-state index < -0.39 is 0 Å². The minimum atomic E-state index is -0.285. The van der Waals surface area contributed by atoms with E-state index in [1.165, 1.54) is 4.88 Å². The van der Waals surface area contributed by atoms with Crippen molar-refractivity contribution in [2.45, 2.75) is 18.2 Å². The summed E-state index contributed by atoms with van der Waals surface area (Å²) in [6.45, 7) is 0.655. The number of thiophene rings is 1. The van der Waals surface area contributed by atoms with Gasteiger partial charge in [0.2, 0.25) is 5.91 Å². The Labute approximate surface area is 123 Å². The third-order valence-corrected chi connectivity index (χ3v) is 4.17. The van der Waals surface area contributed by atoms with Gasteiger partial charge in [0.1, 0.15) is 0 Å². The first-order chi connectivity index (χ1) is 9.16. The number of nitrogens with zero attached hydrogens (tertiary/aromatic N) is 1. The number of thiol groups is 1. The lowest BCUT2D eigenvalue weighted by molar-refractivity contribution is -0.129. The van der Waals surface area contributed by atoms with Gasteiger partial charge in [0, 0.05) is 11.9 Å². The molecule has 0 N–H and O–H groups in total. The summed E-state index contributed by atoms with van der Waals surface area (Å²) in [6, 6.07) is 14.0. The Hall–Kier alpha value is -1.26. The first-order valence-electron chi connectivity index (χ1n) is 6.16. The van der Waals surface area contributed by atoms with E-state index in [9.17, 15) is 4.79 Å². The molecule has 0 saturated heterocycles. The molecule has 1 aromatic heterocycles. The highest BCUT2D eigenvalue weighted by atomic mass is 32.1. The normalized spacial score (nSPS) is 12.1. The third kappa shape index (κ3) is 4.11. The molecular formula is C15H17NOS2. The molecule has 1 unspecified atom stereocenters. The Balaban J connectivity index is 1.91. The lowest BCUT2D eigenvalue weighted by Crippen LogP contribution is -2.34. The summed E-state index contributed by atoms with van der Waals surface area (Å²) >= 11 is 6.10. The Morgan fingerprint density at radius 2 is 2.00 bits per heavy atom. The van der Waals surface area contributed by atoms with Gasteiger partial charge in [-0.2, -0.15) is 12.6 Å². The minimum absolute atomic E-state index is 0.0700. The van der Waals surface area contributed by atoms with Crippen LogP contribution >= 0.6 is 24.0 Å². The lowest BCUT2D eigenvalue weighted by atomic mass is 10.1. The van der Waals surface area contributed by atoms with Gasteiger partial charge in [-0.15, -0.1) is 11.3 Å². The molecule has 1 atom stereocenters. The second-order valence-corrected chi connectivity index (χ2v) is 6.13. The van der Waals surface area contributed by atoms with Crippen LogP contribution in [0.5, 0.6) is 0 Å². The topological polar surface area (TPSA) is 20.3 Å². The van der Waals surface area contributed by atoms with Crippen LogP contribution in [0.1, 0.15) is 10.4 Å². The molecule has 0 bridgehead atoms. The van der Waals surface area contributed by atoms with Gasteiger partial charge in [0.15, 0.2) is 0 Å². The van der Waals surface area contributed by atoms with Crippen LogP contribution in [0, 0.1) is 0 Å². The van der Waals surface area contributed by atoms with E-state index in [2.05, 4.69) is 12.6 Å². The van der Waals surface area contributed by atoms with Crippen molar-refractivity contribution in [2.75, 3.05) is 7.05 Å². The van der Waals surface area contributed by atoms with Gasteiger partial charge in [-0.25, -0.2) is 0 Å². The molecule has 0 spiro atoms. The Bertz CT molecular complexity index is 510. The summed E-state index contributed by atoms with van der Waals surface area (Å²) in [5.74, 6) is 0.0700. The number of hydrogen-bond acceptors (Lipinski definition) is 3. The molecule has 0 fully saturated rings. The van der Waals surface area contributed by atoms with Crippen molar-refractivity contribution in [3.63, 3.8) is 0 Å². The van der Waals surface area contributed by atoms with E-state index >= 15 is 0 Å². The summed E-state index contributed by atoms with van der Waals surface area (Å²) in [7, 11) is 1.83. The molecular weight excluding hydrogens is 274 g/mol. The standard InChI is InChI=1S/C15H17NOS2/c1-16(11-13-8-5-9-19-13)15(17)14(18)10-12-6-3-2-4-7-12/h2-9,14,18H,10-11H2,1H3. The molecule has 0 aliphatic heterocycles. The molecule has 2 rings (SSSR count). The first kappa shape index (κ1) is 14.2. The van der Waals surface area contributed by atoms with E-state index in [0.29, 0.717) is 13.0 Å². The molecule has 0 aliphatic carbocycles. The number of carbonyl (C=O) groups excluding carboxylic acids is 1. The van der Waals surface area contributed by atoms with Crippen LogP contribution in [0.15, 0.2) is 47.8 Å². The Kier molecular flexibility index (Phi) is 5.05. The Morgan fingerprint density at radius 1 is 1.26 bits per heavy atom. The highest BCUT2D eigenvalue weighted by Gasteiger charge is 2.19. The average molecular weight is 291 g/mol. The van der Waals surface area contributed by atoms with Crippen molar-refractivity contribution >= 4 is 29.9 Å². The first-order valence-corrected chi connectivity index (χ1v) is 7.56. The van der Waals surface area contributed by atoms with Crippen LogP contribution in [-0.2, 0) is 17.8 Å². The second-order valence-electron chi connectivity index (χ2n) is 4.48. The van der Waals surface area contributed by atoms with Crippen LogP contribution in [0.2, 0.25) is 0 Å². The maximum atomic E-state index is 12.2.